The minimum atomic E-state index is -0.433. The molecule has 1 N–H and O–H groups in total. The fourth-order valence-electron chi connectivity index (χ4n) is 2.21. The molecule has 116 valence electrons. The van der Waals surface area contributed by atoms with E-state index in [0.717, 1.165) is 13.0 Å². The number of hydrogen-bond acceptors (Lipinski definition) is 5. The minimum Gasteiger partial charge on any atom is -0.379 e. The molecule has 6 nitrogen and oxygen atoms in total. The van der Waals surface area contributed by atoms with Gasteiger partial charge in [0.05, 0.1) is 35.0 Å². The Labute approximate surface area is 128 Å². The molecule has 0 aromatic heterocycles. The van der Waals surface area contributed by atoms with Gasteiger partial charge in [-0.1, -0.05) is 11.6 Å². The third-order valence-corrected chi connectivity index (χ3v) is 3.67. The first kappa shape index (κ1) is 16.0. The first-order valence-corrected chi connectivity index (χ1v) is 7.25. The summed E-state index contributed by atoms with van der Waals surface area (Å²) in [5, 5.41) is 14.4. The summed E-state index contributed by atoms with van der Waals surface area (Å²) in [6, 6.07) is 3.11. The third-order valence-electron chi connectivity index (χ3n) is 3.35. The second-order valence-electron chi connectivity index (χ2n) is 5.24. The molecule has 1 fully saturated rings. The zero-order valence-electron chi connectivity index (χ0n) is 12.1. The van der Waals surface area contributed by atoms with Gasteiger partial charge in [0.1, 0.15) is 0 Å². The van der Waals surface area contributed by atoms with Crippen molar-refractivity contribution in [3.63, 3.8) is 0 Å². The van der Waals surface area contributed by atoms with Crippen molar-refractivity contribution in [3.05, 3.63) is 32.8 Å². The molecule has 1 heterocycles. The highest BCUT2D eigenvalue weighted by molar-refractivity contribution is 6.33. The number of nitrogens with one attached hydrogen (secondary N) is 1. The average Bonchev–Trinajstić information content (AvgIpc) is 2.93. The number of benzene rings is 1. The van der Waals surface area contributed by atoms with Crippen LogP contribution in [0.5, 0.6) is 0 Å². The lowest BCUT2D eigenvalue weighted by Gasteiger charge is -2.19. The molecule has 1 aromatic rings. The standard InChI is InChI=1S/C14H19ClN2O4/c1-9-5-13(12(15)6-14(9)17(18)19)16-10(2)7-21-11-3-4-20-8-11/h5-6,10-11,16H,3-4,7-8H2,1-2H3. The molecule has 1 aromatic carbocycles. The number of nitrogens with zero attached hydrogens (tertiary/aromatic N) is 1. The van der Waals surface area contributed by atoms with Crippen molar-refractivity contribution in [2.24, 2.45) is 0 Å². The highest BCUT2D eigenvalue weighted by atomic mass is 35.5. The van der Waals surface area contributed by atoms with Crippen LogP contribution in [0.2, 0.25) is 5.02 Å². The largest absolute Gasteiger partial charge is 0.379 e. The Kier molecular flexibility index (Phi) is 5.39. The van der Waals surface area contributed by atoms with E-state index in [-0.39, 0.29) is 17.8 Å². The number of anilines is 1. The van der Waals surface area contributed by atoms with Crippen LogP contribution in [0.4, 0.5) is 11.4 Å². The smallest absolute Gasteiger partial charge is 0.273 e. The maximum absolute atomic E-state index is 10.9. The molecular formula is C14H19ClN2O4. The second-order valence-corrected chi connectivity index (χ2v) is 5.65. The van der Waals surface area contributed by atoms with Gasteiger partial charge in [-0.25, -0.2) is 0 Å². The van der Waals surface area contributed by atoms with Gasteiger partial charge in [-0.15, -0.1) is 0 Å². The van der Waals surface area contributed by atoms with Gasteiger partial charge in [0.15, 0.2) is 0 Å². The number of ether oxygens (including phenoxy) is 2. The Morgan fingerprint density at radius 3 is 3.00 bits per heavy atom. The number of aryl methyl sites for hydroxylation is 1. The number of hydrogen-bond donors (Lipinski definition) is 1. The molecular weight excluding hydrogens is 296 g/mol. The normalized spacial score (nSPS) is 19.5. The predicted molar refractivity (Wildman–Crippen MR) is 81.1 cm³/mol. The van der Waals surface area contributed by atoms with E-state index in [9.17, 15) is 10.1 Å². The zero-order valence-corrected chi connectivity index (χ0v) is 12.9. The first-order chi connectivity index (χ1) is 9.97. The van der Waals surface area contributed by atoms with E-state index in [2.05, 4.69) is 5.32 Å². The van der Waals surface area contributed by atoms with Gasteiger partial charge in [-0.2, -0.15) is 0 Å². The van der Waals surface area contributed by atoms with Crippen molar-refractivity contribution in [2.45, 2.75) is 32.4 Å². The topological polar surface area (TPSA) is 73.6 Å². The summed E-state index contributed by atoms with van der Waals surface area (Å²) in [5.74, 6) is 0. The van der Waals surface area contributed by atoms with E-state index >= 15 is 0 Å². The van der Waals surface area contributed by atoms with Crippen LogP contribution in [0.15, 0.2) is 12.1 Å². The van der Waals surface area contributed by atoms with Gasteiger partial charge in [-0.3, -0.25) is 10.1 Å². The number of nitro groups is 1. The van der Waals surface area contributed by atoms with Gasteiger partial charge < -0.3 is 14.8 Å². The number of nitro benzene ring substituents is 1. The second kappa shape index (κ2) is 7.06. The molecule has 21 heavy (non-hydrogen) atoms. The Morgan fingerprint density at radius 2 is 2.38 bits per heavy atom. The van der Waals surface area contributed by atoms with E-state index in [1.165, 1.54) is 6.07 Å². The number of rotatable bonds is 6. The summed E-state index contributed by atoms with van der Waals surface area (Å²) in [7, 11) is 0. The molecule has 0 spiro atoms. The minimum absolute atomic E-state index is 0.0255. The van der Waals surface area contributed by atoms with E-state index < -0.39 is 4.92 Å². The average molecular weight is 315 g/mol. The molecule has 0 radical (unpaired) electrons. The van der Waals surface area contributed by atoms with E-state index in [1.807, 2.05) is 6.92 Å². The molecule has 0 bridgehead atoms. The Balaban J connectivity index is 1.95. The van der Waals surface area contributed by atoms with Gasteiger partial charge >= 0.3 is 0 Å². The van der Waals surface area contributed by atoms with Crippen molar-refractivity contribution < 1.29 is 14.4 Å². The van der Waals surface area contributed by atoms with Crippen LogP contribution >= 0.6 is 11.6 Å². The van der Waals surface area contributed by atoms with Gasteiger partial charge in [0.2, 0.25) is 0 Å². The van der Waals surface area contributed by atoms with Gasteiger partial charge in [0, 0.05) is 24.3 Å². The van der Waals surface area contributed by atoms with Crippen LogP contribution in [0.1, 0.15) is 18.9 Å². The van der Waals surface area contributed by atoms with Crippen molar-refractivity contribution >= 4 is 23.0 Å². The van der Waals surface area contributed by atoms with E-state index in [4.69, 9.17) is 21.1 Å². The van der Waals surface area contributed by atoms with Crippen LogP contribution in [0.3, 0.4) is 0 Å². The number of halogens is 1. The highest BCUT2D eigenvalue weighted by Gasteiger charge is 2.18. The lowest BCUT2D eigenvalue weighted by Crippen LogP contribution is -2.26. The lowest BCUT2D eigenvalue weighted by molar-refractivity contribution is -0.385. The predicted octanol–water partition coefficient (Wildman–Crippen LogP) is 3.16. The Morgan fingerprint density at radius 1 is 1.62 bits per heavy atom. The lowest BCUT2D eigenvalue weighted by atomic mass is 10.1. The Bertz CT molecular complexity index is 518. The van der Waals surface area contributed by atoms with Crippen LogP contribution in [0.25, 0.3) is 0 Å². The molecule has 1 aliphatic rings. The molecule has 0 saturated carbocycles. The Hall–Kier alpha value is -1.37. The maximum Gasteiger partial charge on any atom is 0.273 e. The van der Waals surface area contributed by atoms with Gasteiger partial charge in [0.25, 0.3) is 5.69 Å². The SMILES string of the molecule is Cc1cc(NC(C)COC2CCOC2)c(Cl)cc1[N+](=O)[O-]. The molecule has 1 saturated heterocycles. The fraction of sp³-hybridized carbons (Fsp3) is 0.571. The summed E-state index contributed by atoms with van der Waals surface area (Å²) in [6.07, 6.45) is 1.08. The first-order valence-electron chi connectivity index (χ1n) is 6.87. The molecule has 1 aliphatic heterocycles. The quantitative estimate of drug-likeness (QED) is 0.645. The van der Waals surface area contributed by atoms with Crippen molar-refractivity contribution in [1.82, 2.24) is 0 Å². The summed E-state index contributed by atoms with van der Waals surface area (Å²) in [5.41, 5.74) is 1.28. The summed E-state index contributed by atoms with van der Waals surface area (Å²) in [6.45, 7) is 5.59. The molecule has 2 atom stereocenters. The van der Waals surface area contributed by atoms with Crippen LogP contribution in [-0.2, 0) is 9.47 Å². The van der Waals surface area contributed by atoms with Crippen molar-refractivity contribution in [1.29, 1.82) is 0 Å². The summed E-state index contributed by atoms with van der Waals surface area (Å²) < 4.78 is 11.0. The van der Waals surface area contributed by atoms with Crippen LogP contribution in [0, 0.1) is 17.0 Å². The van der Waals surface area contributed by atoms with E-state index in [0.29, 0.717) is 29.5 Å². The third kappa shape index (κ3) is 4.30. The van der Waals surface area contributed by atoms with Crippen LogP contribution in [-0.4, -0.2) is 36.9 Å². The van der Waals surface area contributed by atoms with Gasteiger partial charge in [-0.05, 0) is 26.3 Å². The molecule has 0 aliphatic carbocycles. The summed E-state index contributed by atoms with van der Waals surface area (Å²) in [4.78, 5) is 10.4. The monoisotopic (exact) mass is 314 g/mol. The zero-order chi connectivity index (χ0) is 15.4. The molecule has 2 rings (SSSR count). The van der Waals surface area contributed by atoms with Crippen molar-refractivity contribution in [2.75, 3.05) is 25.1 Å². The maximum atomic E-state index is 10.9. The van der Waals surface area contributed by atoms with Crippen molar-refractivity contribution in [3.8, 4) is 0 Å². The van der Waals surface area contributed by atoms with Crippen LogP contribution < -0.4 is 5.32 Å². The summed E-state index contributed by atoms with van der Waals surface area (Å²) >= 11 is 6.09. The van der Waals surface area contributed by atoms with E-state index in [1.54, 1.807) is 13.0 Å². The molecule has 0 amide bonds. The molecule has 2 unspecified atom stereocenters. The molecule has 7 heteroatoms. The fourth-order valence-corrected chi connectivity index (χ4v) is 2.42. The highest BCUT2D eigenvalue weighted by Crippen LogP contribution is 2.30.